The number of hydrogen-bond donors (Lipinski definition) is 1. The van der Waals surface area contributed by atoms with Crippen LogP contribution >= 0.6 is 11.6 Å². The van der Waals surface area contributed by atoms with Crippen molar-refractivity contribution < 1.29 is 23.8 Å². The Hall–Kier alpha value is -4.02. The molecule has 2 N–H and O–H groups in total. The number of esters is 2. The third-order valence-corrected chi connectivity index (χ3v) is 6.36. The Balaban J connectivity index is 1.37. The van der Waals surface area contributed by atoms with E-state index in [0.29, 0.717) is 22.3 Å². The number of rotatable bonds is 6. The second-order valence-corrected chi connectivity index (χ2v) is 9.19. The van der Waals surface area contributed by atoms with Crippen LogP contribution in [0.3, 0.4) is 0 Å². The first-order chi connectivity index (χ1) is 17.8. The number of aromatic nitrogens is 4. The lowest BCUT2D eigenvalue weighted by molar-refractivity contribution is -0.0563. The first-order valence-electron chi connectivity index (χ1n) is 11.6. The fourth-order valence-corrected chi connectivity index (χ4v) is 4.30. The van der Waals surface area contributed by atoms with Gasteiger partial charge in [0.1, 0.15) is 30.6 Å². The average molecular weight is 522 g/mol. The van der Waals surface area contributed by atoms with Crippen LogP contribution in [-0.4, -0.2) is 50.3 Å². The zero-order valence-corrected chi connectivity index (χ0v) is 20.9. The van der Waals surface area contributed by atoms with E-state index in [1.807, 2.05) is 38.1 Å². The van der Waals surface area contributed by atoms with Crippen molar-refractivity contribution in [1.29, 1.82) is 0 Å². The summed E-state index contributed by atoms with van der Waals surface area (Å²) in [7, 11) is 0. The second kappa shape index (κ2) is 10.2. The van der Waals surface area contributed by atoms with Crippen LogP contribution in [0.5, 0.6) is 0 Å². The van der Waals surface area contributed by atoms with Gasteiger partial charge >= 0.3 is 11.9 Å². The van der Waals surface area contributed by atoms with Gasteiger partial charge in [0.05, 0.1) is 17.5 Å². The van der Waals surface area contributed by atoms with Crippen molar-refractivity contribution in [1.82, 2.24) is 19.5 Å². The molecule has 1 fully saturated rings. The lowest BCUT2D eigenvalue weighted by Gasteiger charge is -2.19. The molecule has 0 amide bonds. The Morgan fingerprint density at radius 3 is 2.30 bits per heavy atom. The Bertz CT molecular complexity index is 1460. The van der Waals surface area contributed by atoms with Gasteiger partial charge in [0, 0.05) is 6.42 Å². The number of carbonyl (C=O) groups excluding carboxylic acids is 2. The van der Waals surface area contributed by atoms with Crippen LogP contribution in [0.1, 0.15) is 44.5 Å². The number of carbonyl (C=O) groups is 2. The highest BCUT2D eigenvalue weighted by Gasteiger charge is 2.40. The summed E-state index contributed by atoms with van der Waals surface area (Å²) in [6.07, 6.45) is -0.307. The summed E-state index contributed by atoms with van der Waals surface area (Å²) < 4.78 is 19.2. The van der Waals surface area contributed by atoms with Crippen molar-refractivity contribution in [2.24, 2.45) is 0 Å². The molecule has 0 unspecified atom stereocenters. The maximum Gasteiger partial charge on any atom is 0.338 e. The molecule has 1 aliphatic heterocycles. The Kier molecular flexibility index (Phi) is 6.77. The smallest absolute Gasteiger partial charge is 0.338 e. The Morgan fingerprint density at radius 2 is 1.65 bits per heavy atom. The van der Waals surface area contributed by atoms with Crippen molar-refractivity contribution >= 4 is 40.7 Å². The van der Waals surface area contributed by atoms with Gasteiger partial charge in [-0.2, -0.15) is 9.97 Å². The highest BCUT2D eigenvalue weighted by molar-refractivity contribution is 6.33. The van der Waals surface area contributed by atoms with Crippen LogP contribution in [-0.2, 0) is 14.2 Å². The van der Waals surface area contributed by atoms with Gasteiger partial charge in [0.2, 0.25) is 5.95 Å². The van der Waals surface area contributed by atoms with Crippen LogP contribution < -0.4 is 5.73 Å². The summed E-state index contributed by atoms with van der Waals surface area (Å²) in [4.78, 5) is 37.9. The third kappa shape index (κ3) is 5.25. The summed E-state index contributed by atoms with van der Waals surface area (Å²) in [6, 6.07) is 14.1. The minimum atomic E-state index is -0.735. The molecule has 4 aromatic rings. The summed E-state index contributed by atoms with van der Waals surface area (Å²) in [5.41, 5.74) is 9.39. The van der Waals surface area contributed by atoms with Gasteiger partial charge in [-0.05, 0) is 38.1 Å². The number of imidazole rings is 1. The zero-order chi connectivity index (χ0) is 26.1. The highest BCUT2D eigenvalue weighted by atomic mass is 35.5. The predicted molar refractivity (Wildman–Crippen MR) is 135 cm³/mol. The number of nitrogen functional groups attached to an aromatic ring is 1. The molecule has 0 bridgehead atoms. The fourth-order valence-electron chi connectivity index (χ4n) is 4.08. The maximum atomic E-state index is 12.9. The number of hydrogen-bond acceptors (Lipinski definition) is 9. The third-order valence-electron chi connectivity index (χ3n) is 6.10. The van der Waals surface area contributed by atoms with Gasteiger partial charge in [-0.15, -0.1) is 0 Å². The van der Waals surface area contributed by atoms with E-state index in [2.05, 4.69) is 15.0 Å². The van der Waals surface area contributed by atoms with E-state index in [-0.39, 0.29) is 24.1 Å². The van der Waals surface area contributed by atoms with Crippen molar-refractivity contribution in [3.63, 3.8) is 0 Å². The molecular weight excluding hydrogens is 498 g/mol. The van der Waals surface area contributed by atoms with Crippen molar-refractivity contribution in [2.45, 2.75) is 38.7 Å². The van der Waals surface area contributed by atoms with E-state index < -0.39 is 30.4 Å². The first-order valence-corrected chi connectivity index (χ1v) is 12.0. The number of nitrogens with zero attached hydrogens (tertiary/aromatic N) is 4. The van der Waals surface area contributed by atoms with Crippen LogP contribution in [0.25, 0.3) is 11.2 Å². The van der Waals surface area contributed by atoms with Gasteiger partial charge in [-0.25, -0.2) is 14.6 Å². The molecule has 0 saturated carbocycles. The number of anilines is 1. The number of fused-ring (bicyclic) bond motifs is 1. The molecule has 0 radical (unpaired) electrons. The molecule has 1 saturated heterocycles. The highest BCUT2D eigenvalue weighted by Crippen LogP contribution is 2.34. The topological polar surface area (TPSA) is 131 Å². The lowest BCUT2D eigenvalue weighted by Crippen LogP contribution is -2.32. The Labute approximate surface area is 217 Å². The number of nitrogens with two attached hydrogens (primary N) is 1. The number of aryl methyl sites for hydroxylation is 2. The molecular formula is C26H24ClN5O5. The van der Waals surface area contributed by atoms with E-state index in [4.69, 9.17) is 31.5 Å². The van der Waals surface area contributed by atoms with Crippen LogP contribution in [0.15, 0.2) is 54.9 Å². The van der Waals surface area contributed by atoms with Crippen molar-refractivity contribution in [3.05, 3.63) is 82.3 Å². The number of ether oxygens (including phenoxy) is 3. The molecule has 2 aromatic heterocycles. The van der Waals surface area contributed by atoms with E-state index in [1.54, 1.807) is 28.8 Å². The van der Waals surface area contributed by atoms with Crippen LogP contribution in [0.4, 0.5) is 5.95 Å². The largest absolute Gasteiger partial charge is 0.459 e. The molecule has 11 heteroatoms. The second-order valence-electron chi connectivity index (χ2n) is 8.84. The van der Waals surface area contributed by atoms with E-state index in [9.17, 15) is 9.59 Å². The van der Waals surface area contributed by atoms with Crippen molar-refractivity contribution in [3.8, 4) is 0 Å². The van der Waals surface area contributed by atoms with Gasteiger partial charge < -0.3 is 19.9 Å². The van der Waals surface area contributed by atoms with Gasteiger partial charge in [-0.3, -0.25) is 4.57 Å². The molecule has 1 aliphatic rings. The zero-order valence-electron chi connectivity index (χ0n) is 20.1. The van der Waals surface area contributed by atoms with Gasteiger partial charge in [0.25, 0.3) is 0 Å². The normalized spacial score (nSPS) is 19.2. The van der Waals surface area contributed by atoms with Crippen molar-refractivity contribution in [2.75, 3.05) is 12.3 Å². The minimum Gasteiger partial charge on any atom is -0.459 e. The molecule has 190 valence electrons. The standard InChI is InChI=1S/C26H24ClN5O5/c1-14-3-7-16(8-4-14)24(33)35-12-19-18(37-25(34)17-9-5-15(2)6-10-17)11-20(36-19)32-13-29-21-22(27)30-26(28)31-23(21)32/h3-10,13,18-20H,11-12H2,1-2H3,(H2,28,30,31)/t18-,19+,20-/m0/s1. The molecule has 0 spiro atoms. The molecule has 2 aromatic carbocycles. The molecule has 37 heavy (non-hydrogen) atoms. The van der Waals surface area contributed by atoms with Gasteiger partial charge in [-0.1, -0.05) is 47.0 Å². The maximum absolute atomic E-state index is 12.9. The molecule has 10 nitrogen and oxygen atoms in total. The Morgan fingerprint density at radius 1 is 1.03 bits per heavy atom. The van der Waals surface area contributed by atoms with Gasteiger partial charge in [0.15, 0.2) is 10.8 Å². The van der Waals surface area contributed by atoms with E-state index in [0.717, 1.165) is 11.1 Å². The average Bonchev–Trinajstić information content (AvgIpc) is 3.47. The SMILES string of the molecule is Cc1ccc(C(=O)OC[C@H]2O[C@H](n3cnc4c(Cl)nc(N)nc43)C[C@@H]2OC(=O)c2ccc(C)cc2)cc1. The number of benzene rings is 2. The summed E-state index contributed by atoms with van der Waals surface area (Å²) in [5.74, 6) is -1.02. The molecule has 3 heterocycles. The molecule has 3 atom stereocenters. The summed E-state index contributed by atoms with van der Waals surface area (Å²) >= 11 is 6.17. The summed E-state index contributed by atoms with van der Waals surface area (Å²) in [6.45, 7) is 3.74. The summed E-state index contributed by atoms with van der Waals surface area (Å²) in [5, 5.41) is 0.116. The minimum absolute atomic E-state index is 0.0110. The molecule has 5 rings (SSSR count). The van der Waals surface area contributed by atoms with E-state index in [1.165, 1.54) is 6.33 Å². The fraction of sp³-hybridized carbons (Fsp3) is 0.269. The van der Waals surface area contributed by atoms with Crippen LogP contribution in [0.2, 0.25) is 5.15 Å². The monoisotopic (exact) mass is 521 g/mol. The number of halogens is 1. The quantitative estimate of drug-likeness (QED) is 0.295. The first kappa shape index (κ1) is 24.7. The van der Waals surface area contributed by atoms with E-state index >= 15 is 0 Å². The predicted octanol–water partition coefficient (Wildman–Crippen LogP) is 4.05. The van der Waals surface area contributed by atoms with Crippen LogP contribution in [0, 0.1) is 13.8 Å². The lowest BCUT2D eigenvalue weighted by atomic mass is 10.1. The molecule has 0 aliphatic carbocycles.